The van der Waals surface area contributed by atoms with Crippen molar-refractivity contribution in [3.05, 3.63) is 45.9 Å². The molecule has 2 N–H and O–H groups in total. The summed E-state index contributed by atoms with van der Waals surface area (Å²) in [6.07, 6.45) is 0.765. The van der Waals surface area contributed by atoms with Crippen molar-refractivity contribution >= 4 is 34.1 Å². The van der Waals surface area contributed by atoms with Gasteiger partial charge in [0.25, 0.3) is 0 Å². The van der Waals surface area contributed by atoms with Crippen molar-refractivity contribution in [2.75, 3.05) is 11.9 Å². The number of nitrogens with one attached hydrogen (secondary N) is 2. The molecule has 0 aliphatic carbocycles. The van der Waals surface area contributed by atoms with E-state index in [2.05, 4.69) is 15.6 Å². The molecule has 1 aromatic carbocycles. The van der Waals surface area contributed by atoms with Crippen molar-refractivity contribution in [1.82, 2.24) is 10.3 Å². The third-order valence-corrected chi connectivity index (χ3v) is 3.58. The van der Waals surface area contributed by atoms with Crippen molar-refractivity contribution in [3.63, 3.8) is 0 Å². The molecular formula is C13H14ClN3OS. The smallest absolute Gasteiger partial charge is 0.321 e. The third kappa shape index (κ3) is 4.54. The van der Waals surface area contributed by atoms with Gasteiger partial charge in [-0.2, -0.15) is 0 Å². The van der Waals surface area contributed by atoms with Gasteiger partial charge < -0.3 is 5.32 Å². The highest BCUT2D eigenvalue weighted by Gasteiger charge is 2.04. The van der Waals surface area contributed by atoms with Crippen molar-refractivity contribution in [2.24, 2.45) is 0 Å². The second kappa shape index (κ2) is 6.54. The summed E-state index contributed by atoms with van der Waals surface area (Å²) in [6, 6.07) is 7.35. The van der Waals surface area contributed by atoms with Crippen molar-refractivity contribution in [2.45, 2.75) is 13.3 Å². The van der Waals surface area contributed by atoms with E-state index in [1.165, 1.54) is 11.3 Å². The lowest BCUT2D eigenvalue weighted by Crippen LogP contribution is -2.30. The molecule has 0 aliphatic rings. The van der Waals surface area contributed by atoms with Crippen LogP contribution in [0.15, 0.2) is 29.6 Å². The second-order valence-electron chi connectivity index (χ2n) is 4.05. The van der Waals surface area contributed by atoms with Crippen LogP contribution < -0.4 is 10.6 Å². The lowest BCUT2D eigenvalue weighted by molar-refractivity contribution is 0.252. The topological polar surface area (TPSA) is 54.0 Å². The highest BCUT2D eigenvalue weighted by Crippen LogP contribution is 2.14. The van der Waals surface area contributed by atoms with E-state index in [0.29, 0.717) is 16.7 Å². The van der Waals surface area contributed by atoms with Crippen LogP contribution in [0, 0.1) is 6.92 Å². The third-order valence-electron chi connectivity index (χ3n) is 2.45. The van der Waals surface area contributed by atoms with Crippen LogP contribution in [0.1, 0.15) is 11.3 Å². The first-order chi connectivity index (χ1) is 9.13. The summed E-state index contributed by atoms with van der Waals surface area (Å²) in [5.74, 6) is 0. The Labute approximate surface area is 120 Å². The molecule has 0 bridgehead atoms. The number of carbonyl (C=O) groups excluding carboxylic acids is 1. The lowest BCUT2D eigenvalue weighted by atomic mass is 10.1. The SMILES string of the molecule is Cc1csc(NC(=O)NCCc2ccc(Cl)cc2)n1. The van der Waals surface area contributed by atoms with Crippen molar-refractivity contribution in [3.8, 4) is 0 Å². The minimum absolute atomic E-state index is 0.233. The molecular weight excluding hydrogens is 282 g/mol. The minimum Gasteiger partial charge on any atom is -0.337 e. The summed E-state index contributed by atoms with van der Waals surface area (Å²) in [4.78, 5) is 15.7. The molecule has 0 aliphatic heterocycles. The van der Waals surface area contributed by atoms with Crippen LogP contribution in [0.25, 0.3) is 0 Å². The number of aryl methyl sites for hydroxylation is 1. The molecule has 0 radical (unpaired) electrons. The van der Waals surface area contributed by atoms with Gasteiger partial charge in [-0.05, 0) is 31.0 Å². The fourth-order valence-corrected chi connectivity index (χ4v) is 2.33. The average molecular weight is 296 g/mol. The van der Waals surface area contributed by atoms with Crippen LogP contribution >= 0.6 is 22.9 Å². The van der Waals surface area contributed by atoms with Crippen LogP contribution in [-0.2, 0) is 6.42 Å². The normalized spacial score (nSPS) is 10.2. The lowest BCUT2D eigenvalue weighted by Gasteiger charge is -2.05. The van der Waals surface area contributed by atoms with Crippen LogP contribution in [0.4, 0.5) is 9.93 Å². The van der Waals surface area contributed by atoms with Crippen LogP contribution in [0.2, 0.25) is 5.02 Å². The largest absolute Gasteiger partial charge is 0.337 e. The van der Waals surface area contributed by atoms with Gasteiger partial charge in [0.15, 0.2) is 5.13 Å². The molecule has 0 saturated carbocycles. The van der Waals surface area contributed by atoms with E-state index in [1.807, 2.05) is 36.6 Å². The van der Waals surface area contributed by atoms with E-state index in [4.69, 9.17) is 11.6 Å². The summed E-state index contributed by atoms with van der Waals surface area (Å²) >= 11 is 7.21. The zero-order chi connectivity index (χ0) is 13.7. The number of thiazole rings is 1. The van der Waals surface area contributed by atoms with Crippen molar-refractivity contribution < 1.29 is 4.79 Å². The molecule has 2 amide bonds. The van der Waals surface area contributed by atoms with Gasteiger partial charge in [0.05, 0.1) is 5.69 Å². The summed E-state index contributed by atoms with van der Waals surface area (Å²) in [5, 5.41) is 8.70. The average Bonchev–Trinajstić information content (AvgIpc) is 2.77. The number of carbonyl (C=O) groups is 1. The number of rotatable bonds is 4. The molecule has 0 fully saturated rings. The molecule has 4 nitrogen and oxygen atoms in total. The quantitative estimate of drug-likeness (QED) is 0.907. The molecule has 0 saturated heterocycles. The molecule has 2 rings (SSSR count). The van der Waals surface area contributed by atoms with E-state index in [1.54, 1.807) is 0 Å². The fraction of sp³-hybridized carbons (Fsp3) is 0.231. The van der Waals surface area contributed by atoms with Gasteiger partial charge in [-0.15, -0.1) is 11.3 Å². The first-order valence-corrected chi connectivity index (χ1v) is 7.10. The summed E-state index contributed by atoms with van der Waals surface area (Å²) < 4.78 is 0. The van der Waals surface area contributed by atoms with Gasteiger partial charge in [0, 0.05) is 16.9 Å². The molecule has 2 aromatic rings. The predicted molar refractivity (Wildman–Crippen MR) is 79.0 cm³/mol. The maximum Gasteiger partial charge on any atom is 0.321 e. The molecule has 19 heavy (non-hydrogen) atoms. The summed E-state index contributed by atoms with van der Waals surface area (Å²) in [6.45, 7) is 2.46. The number of anilines is 1. The Kier molecular flexibility index (Phi) is 4.76. The van der Waals surface area contributed by atoms with Gasteiger partial charge in [-0.1, -0.05) is 23.7 Å². The Morgan fingerprint density at radius 2 is 2.11 bits per heavy atom. The van der Waals surface area contributed by atoms with E-state index in [0.717, 1.165) is 17.7 Å². The Hall–Kier alpha value is -1.59. The number of nitrogens with zero attached hydrogens (tertiary/aromatic N) is 1. The molecule has 0 atom stereocenters. The van der Waals surface area contributed by atoms with Crippen LogP contribution in [0.5, 0.6) is 0 Å². The van der Waals surface area contributed by atoms with Gasteiger partial charge in [-0.3, -0.25) is 5.32 Å². The Balaban J connectivity index is 1.73. The maximum atomic E-state index is 11.6. The molecule has 0 spiro atoms. The number of benzene rings is 1. The summed E-state index contributed by atoms with van der Waals surface area (Å²) in [5.41, 5.74) is 2.04. The zero-order valence-corrected chi connectivity index (χ0v) is 12.0. The standard InChI is InChI=1S/C13H14ClN3OS/c1-9-8-19-13(16-9)17-12(18)15-7-6-10-2-4-11(14)5-3-10/h2-5,8H,6-7H2,1H3,(H2,15,16,17,18). The Morgan fingerprint density at radius 3 is 2.74 bits per heavy atom. The fourth-order valence-electron chi connectivity index (χ4n) is 1.52. The molecule has 6 heteroatoms. The highest BCUT2D eigenvalue weighted by atomic mass is 35.5. The first-order valence-electron chi connectivity index (χ1n) is 5.85. The molecule has 1 aromatic heterocycles. The van der Waals surface area contributed by atoms with E-state index < -0.39 is 0 Å². The van der Waals surface area contributed by atoms with E-state index >= 15 is 0 Å². The van der Waals surface area contributed by atoms with Crippen LogP contribution in [-0.4, -0.2) is 17.6 Å². The molecule has 1 heterocycles. The first kappa shape index (κ1) is 13.8. The number of aromatic nitrogens is 1. The van der Waals surface area contributed by atoms with E-state index in [9.17, 15) is 4.79 Å². The van der Waals surface area contributed by atoms with Gasteiger partial charge >= 0.3 is 6.03 Å². The Bertz CT molecular complexity index is 553. The summed E-state index contributed by atoms with van der Waals surface area (Å²) in [7, 11) is 0. The number of hydrogen-bond donors (Lipinski definition) is 2. The van der Waals surface area contributed by atoms with Crippen molar-refractivity contribution in [1.29, 1.82) is 0 Å². The maximum absolute atomic E-state index is 11.6. The Morgan fingerprint density at radius 1 is 1.37 bits per heavy atom. The second-order valence-corrected chi connectivity index (χ2v) is 5.35. The van der Waals surface area contributed by atoms with Crippen LogP contribution in [0.3, 0.4) is 0 Å². The number of amides is 2. The number of hydrogen-bond acceptors (Lipinski definition) is 3. The number of halogens is 1. The molecule has 0 unspecified atom stereocenters. The van der Waals surface area contributed by atoms with Gasteiger partial charge in [-0.25, -0.2) is 9.78 Å². The number of urea groups is 1. The van der Waals surface area contributed by atoms with Gasteiger partial charge in [0.1, 0.15) is 0 Å². The van der Waals surface area contributed by atoms with E-state index in [-0.39, 0.29) is 6.03 Å². The van der Waals surface area contributed by atoms with Gasteiger partial charge in [0.2, 0.25) is 0 Å². The zero-order valence-electron chi connectivity index (χ0n) is 10.4. The predicted octanol–water partition coefficient (Wildman–Crippen LogP) is 3.47. The monoisotopic (exact) mass is 295 g/mol. The highest BCUT2D eigenvalue weighted by molar-refractivity contribution is 7.13. The molecule has 100 valence electrons. The minimum atomic E-state index is -0.233.